The monoisotopic (exact) mass is 335 g/mol. The Hall–Kier alpha value is -2.71. The van der Waals surface area contributed by atoms with Crippen LogP contribution in [0.3, 0.4) is 0 Å². The summed E-state index contributed by atoms with van der Waals surface area (Å²) in [6.45, 7) is 2.19. The van der Waals surface area contributed by atoms with Gasteiger partial charge in [0.25, 0.3) is 0 Å². The fraction of sp³-hybridized carbons (Fsp3) is 0.300. The van der Waals surface area contributed by atoms with Gasteiger partial charge in [0.05, 0.1) is 11.6 Å². The topological polar surface area (TPSA) is 53.1 Å². The van der Waals surface area contributed by atoms with Gasteiger partial charge in [0.2, 0.25) is 0 Å². The lowest BCUT2D eigenvalue weighted by Gasteiger charge is -2.31. The van der Waals surface area contributed by atoms with Gasteiger partial charge in [-0.3, -0.25) is 4.90 Å². The van der Waals surface area contributed by atoms with Crippen LogP contribution in [-0.2, 0) is 6.54 Å². The van der Waals surface area contributed by atoms with Gasteiger partial charge in [-0.2, -0.15) is 5.26 Å². The molecule has 2 heterocycles. The molecule has 1 atom stereocenters. The molecule has 5 heteroatoms. The van der Waals surface area contributed by atoms with E-state index in [2.05, 4.69) is 16.0 Å². The lowest BCUT2D eigenvalue weighted by atomic mass is 9.97. The van der Waals surface area contributed by atoms with Crippen molar-refractivity contribution >= 4 is 11.1 Å². The molecule has 0 bridgehead atoms. The van der Waals surface area contributed by atoms with E-state index in [0.29, 0.717) is 17.7 Å². The van der Waals surface area contributed by atoms with Crippen LogP contribution in [0.15, 0.2) is 46.9 Å². The first-order valence-corrected chi connectivity index (χ1v) is 8.49. The number of piperidine rings is 1. The molecule has 126 valence electrons. The standard InChI is InChI=1S/C20H18FN3O/c21-17-8-7-14(11-22)10-16(17)13-24-9-3-4-15(12-24)20-23-18-5-1-2-6-19(18)25-20/h1-2,5-8,10,15H,3-4,9,12-13H2. The quantitative estimate of drug-likeness (QED) is 0.719. The van der Waals surface area contributed by atoms with Gasteiger partial charge >= 0.3 is 0 Å². The third-order valence-electron chi connectivity index (χ3n) is 4.73. The molecule has 1 aliphatic rings. The third-order valence-corrected chi connectivity index (χ3v) is 4.73. The zero-order chi connectivity index (χ0) is 17.2. The molecule has 1 saturated heterocycles. The largest absolute Gasteiger partial charge is 0.440 e. The van der Waals surface area contributed by atoms with Crippen molar-refractivity contribution in [3.63, 3.8) is 0 Å². The van der Waals surface area contributed by atoms with Crippen LogP contribution in [-0.4, -0.2) is 23.0 Å². The molecule has 2 aromatic carbocycles. The summed E-state index contributed by atoms with van der Waals surface area (Å²) in [5.74, 6) is 0.712. The SMILES string of the molecule is N#Cc1ccc(F)c(CN2CCCC(c3nc4ccccc4o3)C2)c1. The predicted octanol–water partition coefficient (Wildman–Crippen LogP) is 4.22. The van der Waals surface area contributed by atoms with Gasteiger partial charge in [-0.1, -0.05) is 12.1 Å². The number of likely N-dealkylation sites (tertiary alicyclic amines) is 1. The summed E-state index contributed by atoms with van der Waals surface area (Å²) < 4.78 is 20.0. The number of benzene rings is 2. The van der Waals surface area contributed by atoms with Crippen molar-refractivity contribution in [3.8, 4) is 6.07 Å². The molecule has 0 radical (unpaired) electrons. The maximum atomic E-state index is 14.1. The molecule has 0 aliphatic carbocycles. The Balaban J connectivity index is 1.52. The maximum Gasteiger partial charge on any atom is 0.199 e. The van der Waals surface area contributed by atoms with E-state index in [9.17, 15) is 4.39 Å². The lowest BCUT2D eigenvalue weighted by molar-refractivity contribution is 0.185. The number of halogens is 1. The zero-order valence-electron chi connectivity index (χ0n) is 13.8. The molecule has 0 saturated carbocycles. The van der Waals surface area contributed by atoms with Gasteiger partial charge in [-0.05, 0) is 49.7 Å². The van der Waals surface area contributed by atoms with Crippen molar-refractivity contribution < 1.29 is 8.81 Å². The van der Waals surface area contributed by atoms with E-state index >= 15 is 0 Å². The summed E-state index contributed by atoms with van der Waals surface area (Å²) in [4.78, 5) is 6.82. The summed E-state index contributed by atoms with van der Waals surface area (Å²) in [6, 6.07) is 14.4. The molecule has 1 aliphatic heterocycles. The van der Waals surface area contributed by atoms with E-state index < -0.39 is 0 Å². The molecule has 1 fully saturated rings. The summed E-state index contributed by atoms with van der Waals surface area (Å²) in [7, 11) is 0. The third kappa shape index (κ3) is 3.26. The Bertz CT molecular complexity index is 911. The maximum absolute atomic E-state index is 14.1. The second kappa shape index (κ2) is 6.66. The number of fused-ring (bicyclic) bond motifs is 1. The molecular formula is C20H18FN3O. The van der Waals surface area contributed by atoms with Crippen LogP contribution >= 0.6 is 0 Å². The van der Waals surface area contributed by atoms with Crippen LogP contribution < -0.4 is 0 Å². The normalized spacial score (nSPS) is 18.3. The highest BCUT2D eigenvalue weighted by Crippen LogP contribution is 2.29. The number of nitrogens with zero attached hydrogens (tertiary/aromatic N) is 3. The first-order chi connectivity index (χ1) is 12.2. The van der Waals surface area contributed by atoms with Crippen LogP contribution in [0.2, 0.25) is 0 Å². The van der Waals surface area contributed by atoms with Gasteiger partial charge in [0.1, 0.15) is 11.3 Å². The highest BCUT2D eigenvalue weighted by atomic mass is 19.1. The van der Waals surface area contributed by atoms with E-state index in [4.69, 9.17) is 9.68 Å². The lowest BCUT2D eigenvalue weighted by Crippen LogP contribution is -2.34. The number of hydrogen-bond acceptors (Lipinski definition) is 4. The highest BCUT2D eigenvalue weighted by molar-refractivity contribution is 5.72. The molecule has 3 aromatic rings. The summed E-state index contributed by atoms with van der Waals surface area (Å²) in [6.07, 6.45) is 2.03. The van der Waals surface area contributed by atoms with E-state index in [1.807, 2.05) is 24.3 Å². The smallest absolute Gasteiger partial charge is 0.199 e. The number of rotatable bonds is 3. The molecule has 25 heavy (non-hydrogen) atoms. The molecular weight excluding hydrogens is 317 g/mol. The van der Waals surface area contributed by atoms with Crippen LogP contribution in [0.5, 0.6) is 0 Å². The van der Waals surface area contributed by atoms with Crippen molar-refractivity contribution in [1.29, 1.82) is 5.26 Å². The molecule has 1 aromatic heterocycles. The fourth-order valence-corrected chi connectivity index (χ4v) is 3.47. The summed E-state index contributed by atoms with van der Waals surface area (Å²) in [5, 5.41) is 9.01. The Kier molecular flexibility index (Phi) is 4.21. The molecule has 4 nitrogen and oxygen atoms in total. The summed E-state index contributed by atoms with van der Waals surface area (Å²) in [5.41, 5.74) is 2.74. The minimum absolute atomic E-state index is 0.211. The van der Waals surface area contributed by atoms with E-state index in [1.54, 1.807) is 6.07 Å². The fourth-order valence-electron chi connectivity index (χ4n) is 3.47. The van der Waals surface area contributed by atoms with Crippen molar-refractivity contribution in [2.75, 3.05) is 13.1 Å². The number of para-hydroxylation sites is 2. The zero-order valence-corrected chi connectivity index (χ0v) is 13.8. The van der Waals surface area contributed by atoms with Gasteiger partial charge in [0.15, 0.2) is 11.5 Å². The molecule has 0 amide bonds. The van der Waals surface area contributed by atoms with Gasteiger partial charge in [-0.15, -0.1) is 0 Å². The van der Waals surface area contributed by atoms with E-state index in [1.165, 1.54) is 12.1 Å². The van der Waals surface area contributed by atoms with E-state index in [0.717, 1.165) is 42.9 Å². The van der Waals surface area contributed by atoms with Crippen molar-refractivity contribution in [1.82, 2.24) is 9.88 Å². The Morgan fingerprint density at radius 3 is 3.00 bits per heavy atom. The van der Waals surface area contributed by atoms with Crippen LogP contribution in [0.25, 0.3) is 11.1 Å². The number of oxazole rings is 1. The van der Waals surface area contributed by atoms with Crippen molar-refractivity contribution in [2.24, 2.45) is 0 Å². The minimum atomic E-state index is -0.261. The molecule has 1 unspecified atom stereocenters. The Morgan fingerprint density at radius 2 is 2.16 bits per heavy atom. The average Bonchev–Trinajstić information content (AvgIpc) is 3.08. The number of hydrogen-bond donors (Lipinski definition) is 0. The highest BCUT2D eigenvalue weighted by Gasteiger charge is 2.26. The van der Waals surface area contributed by atoms with Gasteiger partial charge in [0, 0.05) is 24.6 Å². The average molecular weight is 335 g/mol. The van der Waals surface area contributed by atoms with Crippen LogP contribution in [0.4, 0.5) is 4.39 Å². The first kappa shape index (κ1) is 15.8. The summed E-state index contributed by atoms with van der Waals surface area (Å²) >= 11 is 0. The minimum Gasteiger partial charge on any atom is -0.440 e. The second-order valence-corrected chi connectivity index (χ2v) is 6.51. The number of nitriles is 1. The van der Waals surface area contributed by atoms with Gasteiger partial charge < -0.3 is 4.42 Å². The first-order valence-electron chi connectivity index (χ1n) is 8.49. The molecule has 0 spiro atoms. The van der Waals surface area contributed by atoms with Crippen molar-refractivity contribution in [2.45, 2.75) is 25.3 Å². The van der Waals surface area contributed by atoms with Crippen LogP contribution in [0, 0.1) is 17.1 Å². The predicted molar refractivity (Wildman–Crippen MR) is 92.4 cm³/mol. The Morgan fingerprint density at radius 1 is 1.28 bits per heavy atom. The molecule has 4 rings (SSSR count). The molecule has 0 N–H and O–H groups in total. The van der Waals surface area contributed by atoms with Gasteiger partial charge in [-0.25, -0.2) is 9.37 Å². The van der Waals surface area contributed by atoms with E-state index in [-0.39, 0.29) is 11.7 Å². The Labute approximate surface area is 145 Å². The second-order valence-electron chi connectivity index (χ2n) is 6.51. The van der Waals surface area contributed by atoms with Crippen LogP contribution in [0.1, 0.15) is 35.8 Å². The van der Waals surface area contributed by atoms with Crippen molar-refractivity contribution in [3.05, 3.63) is 65.3 Å². The number of aromatic nitrogens is 1.